The van der Waals surface area contributed by atoms with Crippen LogP contribution in [0.1, 0.15) is 28.4 Å². The van der Waals surface area contributed by atoms with Gasteiger partial charge >= 0.3 is 0 Å². The topological polar surface area (TPSA) is 67.9 Å². The number of nitrogens with zero attached hydrogens (tertiary/aromatic N) is 1. The molecular formula is C32H23Cl2FN2O4S2. The summed E-state index contributed by atoms with van der Waals surface area (Å²) in [5.41, 5.74) is 2.71. The van der Waals surface area contributed by atoms with Crippen molar-refractivity contribution in [2.45, 2.75) is 13.5 Å². The summed E-state index contributed by atoms with van der Waals surface area (Å²) in [4.78, 5) is 28.1. The average Bonchev–Trinajstić information content (AvgIpc) is 3.26. The Morgan fingerprint density at radius 1 is 1.00 bits per heavy atom. The molecule has 0 aromatic heterocycles. The Kier molecular flexibility index (Phi) is 9.67. The molecule has 0 atom stereocenters. The van der Waals surface area contributed by atoms with E-state index in [1.165, 1.54) is 29.2 Å². The number of benzene rings is 4. The van der Waals surface area contributed by atoms with Gasteiger partial charge in [0.1, 0.15) is 12.4 Å². The van der Waals surface area contributed by atoms with E-state index in [4.69, 9.17) is 44.9 Å². The summed E-state index contributed by atoms with van der Waals surface area (Å²) in [6.07, 6.45) is 1.73. The SMILES string of the molecule is CCOc1cc(/C=C2/SC(=S)N(c3cccc(C(=O)Nc4ccc(F)cc4)c3)C2=O)ccc1OCc1ccc(Cl)cc1Cl. The second-order valence-electron chi connectivity index (χ2n) is 9.19. The number of ether oxygens (including phenoxy) is 2. The molecule has 0 spiro atoms. The first kappa shape index (κ1) is 30.6. The molecule has 5 rings (SSSR count). The predicted octanol–water partition coefficient (Wildman–Crippen LogP) is 8.77. The van der Waals surface area contributed by atoms with Crippen molar-refractivity contribution in [2.24, 2.45) is 0 Å². The third-order valence-electron chi connectivity index (χ3n) is 6.23. The highest BCUT2D eigenvalue weighted by Crippen LogP contribution is 2.38. The molecule has 1 aliphatic heterocycles. The van der Waals surface area contributed by atoms with Gasteiger partial charge in [0.15, 0.2) is 15.8 Å². The van der Waals surface area contributed by atoms with Gasteiger partial charge in [-0.3, -0.25) is 14.5 Å². The molecule has 0 bridgehead atoms. The highest BCUT2D eigenvalue weighted by atomic mass is 35.5. The summed E-state index contributed by atoms with van der Waals surface area (Å²) >= 11 is 19.0. The van der Waals surface area contributed by atoms with Crippen LogP contribution >= 0.6 is 47.2 Å². The van der Waals surface area contributed by atoms with E-state index < -0.39 is 11.7 Å². The zero-order valence-corrected chi connectivity index (χ0v) is 25.7. The summed E-state index contributed by atoms with van der Waals surface area (Å²) in [6.45, 7) is 2.50. The quantitative estimate of drug-likeness (QED) is 0.144. The highest BCUT2D eigenvalue weighted by Gasteiger charge is 2.33. The molecule has 4 aromatic rings. The Bertz CT molecular complexity index is 1750. The average molecular weight is 654 g/mol. The fourth-order valence-corrected chi connectivity index (χ4v) is 5.92. The van der Waals surface area contributed by atoms with Gasteiger partial charge in [0.25, 0.3) is 11.8 Å². The minimum Gasteiger partial charge on any atom is -0.490 e. The van der Waals surface area contributed by atoms with Gasteiger partial charge < -0.3 is 14.8 Å². The fourth-order valence-electron chi connectivity index (χ4n) is 4.16. The van der Waals surface area contributed by atoms with Crippen molar-refractivity contribution in [2.75, 3.05) is 16.8 Å². The number of thiocarbonyl (C=S) groups is 1. The van der Waals surface area contributed by atoms with Crippen molar-refractivity contribution < 1.29 is 23.5 Å². The Morgan fingerprint density at radius 3 is 2.53 bits per heavy atom. The first-order valence-corrected chi connectivity index (χ1v) is 15.0. The van der Waals surface area contributed by atoms with Gasteiger partial charge in [-0.05, 0) is 85.3 Å². The van der Waals surface area contributed by atoms with Crippen molar-refractivity contribution in [1.29, 1.82) is 0 Å². The van der Waals surface area contributed by atoms with Gasteiger partial charge in [-0.15, -0.1) is 0 Å². The Balaban J connectivity index is 1.32. The summed E-state index contributed by atoms with van der Waals surface area (Å²) in [5.74, 6) is -0.0920. The fraction of sp³-hybridized carbons (Fsp3) is 0.0938. The Morgan fingerprint density at radius 2 is 1.79 bits per heavy atom. The summed E-state index contributed by atoms with van der Waals surface area (Å²) in [7, 11) is 0. The van der Waals surface area contributed by atoms with Crippen LogP contribution in [0, 0.1) is 5.82 Å². The molecule has 11 heteroatoms. The van der Waals surface area contributed by atoms with Crippen molar-refractivity contribution in [3.63, 3.8) is 0 Å². The molecule has 43 heavy (non-hydrogen) atoms. The summed E-state index contributed by atoms with van der Waals surface area (Å²) in [5, 5.41) is 3.76. The van der Waals surface area contributed by atoms with Crippen LogP contribution in [0.5, 0.6) is 11.5 Å². The number of nitrogens with one attached hydrogen (secondary N) is 1. The van der Waals surface area contributed by atoms with Gasteiger partial charge in [0.05, 0.1) is 17.2 Å². The van der Waals surface area contributed by atoms with E-state index in [2.05, 4.69) is 5.32 Å². The van der Waals surface area contributed by atoms with Crippen LogP contribution in [-0.2, 0) is 11.4 Å². The molecule has 2 amide bonds. The van der Waals surface area contributed by atoms with Crippen molar-refractivity contribution in [3.05, 3.63) is 122 Å². The van der Waals surface area contributed by atoms with Crippen molar-refractivity contribution in [1.82, 2.24) is 0 Å². The van der Waals surface area contributed by atoms with Crippen LogP contribution in [0.3, 0.4) is 0 Å². The zero-order valence-electron chi connectivity index (χ0n) is 22.6. The Labute approximate surface area is 267 Å². The highest BCUT2D eigenvalue weighted by molar-refractivity contribution is 8.27. The molecule has 0 unspecified atom stereocenters. The lowest BCUT2D eigenvalue weighted by atomic mass is 10.1. The van der Waals surface area contributed by atoms with Crippen LogP contribution in [0.2, 0.25) is 10.0 Å². The molecule has 1 fully saturated rings. The third-order valence-corrected chi connectivity index (χ3v) is 8.12. The normalized spacial score (nSPS) is 13.9. The van der Waals surface area contributed by atoms with E-state index in [0.717, 1.165) is 17.3 Å². The lowest BCUT2D eigenvalue weighted by Gasteiger charge is -2.15. The lowest BCUT2D eigenvalue weighted by Crippen LogP contribution is -2.27. The molecule has 0 saturated carbocycles. The second kappa shape index (κ2) is 13.6. The summed E-state index contributed by atoms with van der Waals surface area (Å²) in [6, 6.07) is 22.6. The van der Waals surface area contributed by atoms with Gasteiger partial charge in [0.2, 0.25) is 0 Å². The first-order valence-electron chi connectivity index (χ1n) is 13.0. The maximum atomic E-state index is 13.5. The van der Waals surface area contributed by atoms with Crippen molar-refractivity contribution >= 4 is 80.8 Å². The molecule has 1 N–H and O–H groups in total. The van der Waals surface area contributed by atoms with Crippen LogP contribution < -0.4 is 19.7 Å². The molecular weight excluding hydrogens is 630 g/mol. The number of anilines is 2. The number of hydrogen-bond donors (Lipinski definition) is 1. The van der Waals surface area contributed by atoms with Crippen LogP contribution in [0.25, 0.3) is 6.08 Å². The summed E-state index contributed by atoms with van der Waals surface area (Å²) < 4.78 is 25.3. The number of thioether (sulfide) groups is 1. The van der Waals surface area contributed by atoms with Crippen LogP contribution in [-0.4, -0.2) is 22.7 Å². The molecule has 218 valence electrons. The van der Waals surface area contributed by atoms with E-state index in [-0.39, 0.29) is 12.5 Å². The molecule has 6 nitrogen and oxygen atoms in total. The van der Waals surface area contributed by atoms with Gasteiger partial charge in [0, 0.05) is 26.9 Å². The van der Waals surface area contributed by atoms with Gasteiger partial charge in [-0.1, -0.05) is 65.4 Å². The maximum Gasteiger partial charge on any atom is 0.270 e. The molecule has 4 aromatic carbocycles. The lowest BCUT2D eigenvalue weighted by molar-refractivity contribution is -0.113. The number of carbonyl (C=O) groups excluding carboxylic acids is 2. The number of carbonyl (C=O) groups is 2. The van der Waals surface area contributed by atoms with E-state index >= 15 is 0 Å². The maximum absolute atomic E-state index is 13.5. The van der Waals surface area contributed by atoms with E-state index in [1.807, 2.05) is 13.0 Å². The monoisotopic (exact) mass is 652 g/mol. The smallest absolute Gasteiger partial charge is 0.270 e. The van der Waals surface area contributed by atoms with E-state index in [0.29, 0.717) is 59.9 Å². The number of halogens is 3. The third kappa shape index (κ3) is 7.37. The van der Waals surface area contributed by atoms with Gasteiger partial charge in [-0.25, -0.2) is 4.39 Å². The standard InChI is InChI=1S/C32H23Cl2FN2O4S2/c1-2-40-28-14-19(6-13-27(28)41-18-21-7-8-22(33)17-26(21)34)15-29-31(39)37(32(42)43-29)25-5-3-4-20(16-25)30(38)36-24-11-9-23(35)10-12-24/h3-17H,2,18H2,1H3,(H,36,38)/b29-15+. The molecule has 1 saturated heterocycles. The van der Waals surface area contributed by atoms with Crippen LogP contribution in [0.4, 0.5) is 15.8 Å². The molecule has 0 radical (unpaired) electrons. The largest absolute Gasteiger partial charge is 0.490 e. The Hall–Kier alpha value is -3.89. The zero-order chi connectivity index (χ0) is 30.5. The number of hydrogen-bond acceptors (Lipinski definition) is 6. The van der Waals surface area contributed by atoms with Crippen LogP contribution in [0.15, 0.2) is 89.8 Å². The second-order valence-corrected chi connectivity index (χ2v) is 11.7. The van der Waals surface area contributed by atoms with Gasteiger partial charge in [-0.2, -0.15) is 0 Å². The minimum absolute atomic E-state index is 0.217. The molecule has 1 heterocycles. The van der Waals surface area contributed by atoms with E-state index in [1.54, 1.807) is 60.7 Å². The predicted molar refractivity (Wildman–Crippen MR) is 175 cm³/mol. The first-order chi connectivity index (χ1) is 20.7. The molecule has 0 aliphatic carbocycles. The number of amides is 2. The van der Waals surface area contributed by atoms with E-state index in [9.17, 15) is 14.0 Å². The molecule has 1 aliphatic rings. The minimum atomic E-state index is -0.404. The number of rotatable bonds is 9. The van der Waals surface area contributed by atoms with Crippen molar-refractivity contribution in [3.8, 4) is 11.5 Å².